The Labute approximate surface area is 136 Å². The lowest BCUT2D eigenvalue weighted by Gasteiger charge is -2.00. The predicted octanol–water partition coefficient (Wildman–Crippen LogP) is 4.76. The molecular weight excluding hydrogens is 314 g/mol. The van der Waals surface area contributed by atoms with Crippen LogP contribution in [0.5, 0.6) is 0 Å². The summed E-state index contributed by atoms with van der Waals surface area (Å²) in [6.45, 7) is 6.11. The lowest BCUT2D eigenvalue weighted by Crippen LogP contribution is -2.04. The third kappa shape index (κ3) is 4.52. The van der Waals surface area contributed by atoms with Crippen molar-refractivity contribution in [2.24, 2.45) is 0 Å². The van der Waals surface area contributed by atoms with Crippen LogP contribution in [0.2, 0.25) is 0 Å². The van der Waals surface area contributed by atoms with E-state index in [4.69, 9.17) is 0 Å². The van der Waals surface area contributed by atoms with E-state index in [0.717, 1.165) is 28.6 Å². The van der Waals surface area contributed by atoms with Crippen molar-refractivity contribution in [3.8, 4) is 0 Å². The highest BCUT2D eigenvalue weighted by atomic mass is 32.2. The maximum Gasteiger partial charge on any atom is 0.210 e. The van der Waals surface area contributed by atoms with Crippen molar-refractivity contribution < 1.29 is 8.42 Å². The molecule has 22 heavy (non-hydrogen) atoms. The number of aromatic nitrogens is 1. The first-order valence-corrected chi connectivity index (χ1v) is 9.73. The Morgan fingerprint density at radius 1 is 1.18 bits per heavy atom. The topological polar surface area (TPSA) is 47.0 Å². The van der Waals surface area contributed by atoms with Crippen molar-refractivity contribution in [3.05, 3.63) is 47.6 Å². The lowest BCUT2D eigenvalue weighted by molar-refractivity contribution is 0.598. The molecule has 2 aromatic rings. The molecule has 0 unspecified atom stereocenters. The largest absolute Gasteiger partial charge is 0.225 e. The summed E-state index contributed by atoms with van der Waals surface area (Å²) in [6, 6.07) is 7.49. The summed E-state index contributed by atoms with van der Waals surface area (Å²) in [5.41, 5.74) is 3.13. The van der Waals surface area contributed by atoms with Gasteiger partial charge in [0.1, 0.15) is 0 Å². The second-order valence-corrected chi connectivity index (χ2v) is 8.84. The molecule has 0 N–H and O–H groups in total. The van der Waals surface area contributed by atoms with E-state index in [1.807, 2.05) is 31.2 Å². The fourth-order valence-electron chi connectivity index (χ4n) is 2.00. The van der Waals surface area contributed by atoms with E-state index in [9.17, 15) is 8.42 Å². The monoisotopic (exact) mass is 335 g/mol. The molecule has 0 aliphatic rings. The highest BCUT2D eigenvalue weighted by Gasteiger charge is 2.18. The van der Waals surface area contributed by atoms with Gasteiger partial charge in [-0.3, -0.25) is 0 Å². The van der Waals surface area contributed by atoms with Gasteiger partial charge in [0.2, 0.25) is 14.2 Å². The summed E-state index contributed by atoms with van der Waals surface area (Å²) < 4.78 is 25.9. The number of hydrogen-bond donors (Lipinski definition) is 0. The number of nitrogens with zero attached hydrogens (tertiary/aromatic N) is 1. The first-order chi connectivity index (χ1) is 10.4. The number of para-hydroxylation sites is 1. The third-order valence-electron chi connectivity index (χ3n) is 3.28. The van der Waals surface area contributed by atoms with Gasteiger partial charge in [0.05, 0.1) is 16.0 Å². The summed E-state index contributed by atoms with van der Waals surface area (Å²) in [5, 5.41) is 0. The molecule has 0 atom stereocenters. The summed E-state index contributed by atoms with van der Waals surface area (Å²) >= 11 is 1.24. The zero-order valence-corrected chi connectivity index (χ0v) is 14.8. The molecule has 1 heterocycles. The molecule has 2 rings (SSSR count). The molecule has 3 nitrogen and oxygen atoms in total. The number of allylic oxidation sites excluding steroid dienone is 3. The van der Waals surface area contributed by atoms with Gasteiger partial charge in [-0.25, -0.2) is 13.4 Å². The number of rotatable bonds is 6. The maximum absolute atomic E-state index is 12.4. The highest BCUT2D eigenvalue weighted by molar-refractivity contribution is 7.93. The molecule has 5 heteroatoms. The Kier molecular flexibility index (Phi) is 5.53. The second-order valence-electron chi connectivity index (χ2n) is 5.60. The van der Waals surface area contributed by atoms with Crippen LogP contribution in [0, 0.1) is 0 Å². The Balaban J connectivity index is 2.09. The quantitative estimate of drug-likeness (QED) is 0.715. The number of fused-ring (bicyclic) bond motifs is 1. The molecule has 0 spiro atoms. The standard InChI is InChI=1S/C17H21NO2S2/c1-13(2)7-6-8-14(3)11-12-22(19,20)17-18-15-9-4-5-10-16(15)21-17/h4-5,7,9-11H,6,8,12H2,1-3H3. The smallest absolute Gasteiger partial charge is 0.210 e. The Hall–Kier alpha value is -1.46. The van der Waals surface area contributed by atoms with Crippen molar-refractivity contribution in [1.82, 2.24) is 4.98 Å². The first kappa shape index (κ1) is 16.9. The SMILES string of the molecule is CC(C)=CCCC(C)=CCS(=O)(=O)c1nc2ccccc2s1. The molecule has 0 amide bonds. The molecule has 0 aliphatic carbocycles. The average Bonchev–Trinajstić information content (AvgIpc) is 2.89. The maximum atomic E-state index is 12.4. The van der Waals surface area contributed by atoms with Gasteiger partial charge in [0.15, 0.2) is 0 Å². The molecule has 0 aliphatic heterocycles. The van der Waals surface area contributed by atoms with Crippen molar-refractivity contribution in [1.29, 1.82) is 0 Å². The van der Waals surface area contributed by atoms with Crippen molar-refractivity contribution in [3.63, 3.8) is 0 Å². The van der Waals surface area contributed by atoms with Gasteiger partial charge in [-0.2, -0.15) is 0 Å². The van der Waals surface area contributed by atoms with Crippen molar-refractivity contribution in [2.75, 3.05) is 5.75 Å². The zero-order valence-electron chi connectivity index (χ0n) is 13.2. The summed E-state index contributed by atoms with van der Waals surface area (Å²) in [4.78, 5) is 4.24. The van der Waals surface area contributed by atoms with Crippen LogP contribution in [0.4, 0.5) is 0 Å². The number of hydrogen-bond acceptors (Lipinski definition) is 4. The fourth-order valence-corrected chi connectivity index (χ4v) is 4.56. The molecule has 0 fully saturated rings. The van der Waals surface area contributed by atoms with E-state index in [2.05, 4.69) is 24.9 Å². The van der Waals surface area contributed by atoms with E-state index in [1.54, 1.807) is 6.08 Å². The Bertz CT molecular complexity index is 777. The van der Waals surface area contributed by atoms with E-state index >= 15 is 0 Å². The molecule has 0 radical (unpaired) electrons. The Morgan fingerprint density at radius 2 is 1.91 bits per heavy atom. The zero-order chi connectivity index (χ0) is 16.2. The minimum atomic E-state index is -3.34. The molecular formula is C17H21NO2S2. The molecule has 0 bridgehead atoms. The fraction of sp³-hybridized carbons (Fsp3) is 0.353. The van der Waals surface area contributed by atoms with Crippen LogP contribution in [-0.2, 0) is 9.84 Å². The van der Waals surface area contributed by atoms with Gasteiger partial charge in [-0.1, -0.05) is 35.4 Å². The lowest BCUT2D eigenvalue weighted by atomic mass is 10.1. The van der Waals surface area contributed by atoms with Gasteiger partial charge < -0.3 is 0 Å². The van der Waals surface area contributed by atoms with Crippen LogP contribution in [0.15, 0.2) is 51.9 Å². The molecule has 0 saturated heterocycles. The summed E-state index contributed by atoms with van der Waals surface area (Å²) in [7, 11) is -3.34. The third-order valence-corrected chi connectivity index (χ3v) is 6.35. The van der Waals surface area contributed by atoms with Gasteiger partial charge in [-0.15, -0.1) is 11.3 Å². The normalized spacial score (nSPS) is 12.6. The van der Waals surface area contributed by atoms with Gasteiger partial charge >= 0.3 is 0 Å². The Morgan fingerprint density at radius 3 is 2.59 bits per heavy atom. The van der Waals surface area contributed by atoms with Crippen LogP contribution >= 0.6 is 11.3 Å². The van der Waals surface area contributed by atoms with Gasteiger partial charge in [0.25, 0.3) is 0 Å². The van der Waals surface area contributed by atoms with E-state index in [0.29, 0.717) is 0 Å². The molecule has 1 aromatic carbocycles. The number of sulfone groups is 1. The first-order valence-electron chi connectivity index (χ1n) is 7.26. The van der Waals surface area contributed by atoms with Crippen LogP contribution in [0.1, 0.15) is 33.6 Å². The molecule has 0 saturated carbocycles. The minimum absolute atomic E-state index is 0.0213. The minimum Gasteiger partial charge on any atom is -0.225 e. The van der Waals surface area contributed by atoms with Crippen LogP contribution in [0.3, 0.4) is 0 Å². The van der Waals surface area contributed by atoms with Gasteiger partial charge in [-0.05, 0) is 45.7 Å². The van der Waals surface area contributed by atoms with Crippen LogP contribution < -0.4 is 0 Å². The van der Waals surface area contributed by atoms with Crippen molar-refractivity contribution >= 4 is 31.4 Å². The van der Waals surface area contributed by atoms with Crippen LogP contribution in [-0.4, -0.2) is 19.2 Å². The second kappa shape index (κ2) is 7.20. The van der Waals surface area contributed by atoms with Crippen LogP contribution in [0.25, 0.3) is 10.2 Å². The molecule has 1 aromatic heterocycles. The van der Waals surface area contributed by atoms with Gasteiger partial charge in [0, 0.05) is 0 Å². The highest BCUT2D eigenvalue weighted by Crippen LogP contribution is 2.26. The summed E-state index contributed by atoms with van der Waals surface area (Å²) in [5.74, 6) is 0.0213. The number of benzene rings is 1. The predicted molar refractivity (Wildman–Crippen MR) is 94.1 cm³/mol. The van der Waals surface area contributed by atoms with E-state index in [-0.39, 0.29) is 10.1 Å². The average molecular weight is 335 g/mol. The van der Waals surface area contributed by atoms with E-state index in [1.165, 1.54) is 16.9 Å². The van der Waals surface area contributed by atoms with E-state index < -0.39 is 9.84 Å². The van der Waals surface area contributed by atoms with Crippen molar-refractivity contribution in [2.45, 2.75) is 38.0 Å². The number of thiazole rings is 1. The summed E-state index contributed by atoms with van der Waals surface area (Å²) in [6.07, 6.45) is 5.81. The molecule has 118 valence electrons.